The standard InChI is InChI=1S/C16H22N6O3/c1-11-19-20-21-22(11)13-9-12(3-4-14(13)24-2)18-15(23)16(10-17)5-7-25-8-6-16/h3-4,9H,5-8,10,17H2,1-2H3,(H,18,23). The van der Waals surface area contributed by atoms with Crippen molar-refractivity contribution < 1.29 is 14.3 Å². The zero-order valence-corrected chi connectivity index (χ0v) is 14.4. The number of anilines is 1. The van der Waals surface area contributed by atoms with Crippen LogP contribution in [0.3, 0.4) is 0 Å². The molecule has 1 aromatic carbocycles. The Hall–Kier alpha value is -2.52. The molecule has 0 aliphatic carbocycles. The first-order chi connectivity index (χ1) is 12.1. The van der Waals surface area contributed by atoms with Gasteiger partial charge in [0.05, 0.1) is 12.5 Å². The molecular formula is C16H22N6O3. The number of nitrogens with two attached hydrogens (primary N) is 1. The Morgan fingerprint density at radius 3 is 2.80 bits per heavy atom. The molecule has 9 heteroatoms. The molecule has 0 saturated carbocycles. The number of methoxy groups -OCH3 is 1. The zero-order valence-electron chi connectivity index (χ0n) is 14.4. The number of benzene rings is 1. The van der Waals surface area contributed by atoms with Crippen LogP contribution < -0.4 is 15.8 Å². The number of carbonyl (C=O) groups excluding carboxylic acids is 1. The number of ether oxygens (including phenoxy) is 2. The highest BCUT2D eigenvalue weighted by molar-refractivity contribution is 5.96. The molecule has 0 unspecified atom stereocenters. The number of aryl methyl sites for hydroxylation is 1. The van der Waals surface area contributed by atoms with E-state index in [2.05, 4.69) is 20.8 Å². The Bertz CT molecular complexity index is 754. The van der Waals surface area contributed by atoms with Gasteiger partial charge in [0.15, 0.2) is 5.82 Å². The highest BCUT2D eigenvalue weighted by atomic mass is 16.5. The van der Waals surface area contributed by atoms with E-state index in [-0.39, 0.29) is 12.5 Å². The third-order valence-electron chi connectivity index (χ3n) is 4.61. The molecule has 3 rings (SSSR count). The average Bonchev–Trinajstić information content (AvgIpc) is 3.08. The number of carbonyl (C=O) groups is 1. The molecule has 0 spiro atoms. The monoisotopic (exact) mass is 346 g/mol. The van der Waals surface area contributed by atoms with Crippen LogP contribution in [0.1, 0.15) is 18.7 Å². The van der Waals surface area contributed by atoms with Crippen LogP contribution >= 0.6 is 0 Å². The van der Waals surface area contributed by atoms with Crippen molar-refractivity contribution in [3.63, 3.8) is 0 Å². The van der Waals surface area contributed by atoms with Crippen molar-refractivity contribution in [3.05, 3.63) is 24.0 Å². The maximum atomic E-state index is 12.8. The molecule has 0 radical (unpaired) electrons. The van der Waals surface area contributed by atoms with E-state index in [4.69, 9.17) is 15.2 Å². The number of tetrazole rings is 1. The van der Waals surface area contributed by atoms with Crippen LogP contribution in [0, 0.1) is 12.3 Å². The lowest BCUT2D eigenvalue weighted by Gasteiger charge is -2.34. The van der Waals surface area contributed by atoms with Gasteiger partial charge in [-0.1, -0.05) is 0 Å². The summed E-state index contributed by atoms with van der Waals surface area (Å²) in [4.78, 5) is 12.8. The molecule has 1 aliphatic heterocycles. The molecule has 1 amide bonds. The second-order valence-corrected chi connectivity index (χ2v) is 6.08. The highest BCUT2D eigenvalue weighted by Gasteiger charge is 2.38. The summed E-state index contributed by atoms with van der Waals surface area (Å²) in [6, 6.07) is 5.33. The van der Waals surface area contributed by atoms with Gasteiger partial charge in [-0.25, -0.2) is 0 Å². The minimum atomic E-state index is -0.594. The van der Waals surface area contributed by atoms with Crippen LogP contribution in [0.5, 0.6) is 5.75 Å². The summed E-state index contributed by atoms with van der Waals surface area (Å²) < 4.78 is 12.3. The van der Waals surface area contributed by atoms with E-state index in [1.54, 1.807) is 36.9 Å². The first kappa shape index (κ1) is 17.3. The molecule has 0 atom stereocenters. The third kappa shape index (κ3) is 3.33. The van der Waals surface area contributed by atoms with Gasteiger partial charge in [-0.3, -0.25) is 4.79 Å². The minimum absolute atomic E-state index is 0.0946. The lowest BCUT2D eigenvalue weighted by atomic mass is 9.79. The number of hydrogen-bond acceptors (Lipinski definition) is 7. The lowest BCUT2D eigenvalue weighted by molar-refractivity contribution is -0.130. The lowest BCUT2D eigenvalue weighted by Crippen LogP contribution is -2.46. The first-order valence-electron chi connectivity index (χ1n) is 8.12. The molecule has 3 N–H and O–H groups in total. The van der Waals surface area contributed by atoms with Crippen LogP contribution in [-0.2, 0) is 9.53 Å². The zero-order chi connectivity index (χ0) is 17.9. The predicted molar refractivity (Wildman–Crippen MR) is 90.6 cm³/mol. The van der Waals surface area contributed by atoms with Gasteiger partial charge in [-0.05, 0) is 48.4 Å². The molecule has 134 valence electrons. The number of nitrogens with zero attached hydrogens (tertiary/aromatic N) is 4. The van der Waals surface area contributed by atoms with Gasteiger partial charge in [-0.2, -0.15) is 4.68 Å². The number of nitrogens with one attached hydrogen (secondary N) is 1. The van der Waals surface area contributed by atoms with Gasteiger partial charge in [-0.15, -0.1) is 5.10 Å². The van der Waals surface area contributed by atoms with Crippen LogP contribution in [-0.4, -0.2) is 53.0 Å². The predicted octanol–water partition coefficient (Wildman–Crippen LogP) is 0.673. The third-order valence-corrected chi connectivity index (χ3v) is 4.61. The van der Waals surface area contributed by atoms with Crippen molar-refractivity contribution in [1.29, 1.82) is 0 Å². The molecule has 9 nitrogen and oxygen atoms in total. The summed E-state index contributed by atoms with van der Waals surface area (Å²) in [6.45, 7) is 3.16. The first-order valence-corrected chi connectivity index (χ1v) is 8.12. The SMILES string of the molecule is COc1ccc(NC(=O)C2(CN)CCOCC2)cc1-n1nnnc1C. The van der Waals surface area contributed by atoms with Crippen molar-refractivity contribution >= 4 is 11.6 Å². The second kappa shape index (κ2) is 7.16. The largest absolute Gasteiger partial charge is 0.494 e. The average molecular weight is 346 g/mol. The van der Waals surface area contributed by atoms with E-state index in [0.717, 1.165) is 0 Å². The fraction of sp³-hybridized carbons (Fsp3) is 0.500. The summed E-state index contributed by atoms with van der Waals surface area (Å²) >= 11 is 0. The molecule has 25 heavy (non-hydrogen) atoms. The number of amides is 1. The van der Waals surface area contributed by atoms with Gasteiger partial charge in [0.2, 0.25) is 5.91 Å². The van der Waals surface area contributed by atoms with E-state index >= 15 is 0 Å². The topological polar surface area (TPSA) is 117 Å². The van der Waals surface area contributed by atoms with Gasteiger partial charge in [0, 0.05) is 25.4 Å². The highest BCUT2D eigenvalue weighted by Crippen LogP contribution is 2.32. The summed E-state index contributed by atoms with van der Waals surface area (Å²) in [5.41, 5.74) is 6.59. The second-order valence-electron chi connectivity index (χ2n) is 6.08. The van der Waals surface area contributed by atoms with Crippen LogP contribution in [0.25, 0.3) is 5.69 Å². The molecule has 1 fully saturated rings. The molecule has 1 saturated heterocycles. The normalized spacial score (nSPS) is 16.4. The number of hydrogen-bond donors (Lipinski definition) is 2. The maximum absolute atomic E-state index is 12.8. The van der Waals surface area contributed by atoms with E-state index in [1.165, 1.54) is 0 Å². The van der Waals surface area contributed by atoms with Gasteiger partial charge in [0.1, 0.15) is 11.4 Å². The molecule has 2 heterocycles. The summed E-state index contributed by atoms with van der Waals surface area (Å²) in [6.07, 6.45) is 1.23. The van der Waals surface area contributed by atoms with Crippen LogP contribution in [0.15, 0.2) is 18.2 Å². The van der Waals surface area contributed by atoms with Crippen molar-refractivity contribution in [1.82, 2.24) is 20.2 Å². The molecule has 1 aromatic heterocycles. The Kier molecular flexibility index (Phi) is 4.95. The van der Waals surface area contributed by atoms with Gasteiger partial charge < -0.3 is 20.5 Å². The van der Waals surface area contributed by atoms with E-state index in [0.29, 0.717) is 49.0 Å². The number of rotatable bonds is 5. The van der Waals surface area contributed by atoms with Crippen molar-refractivity contribution in [2.45, 2.75) is 19.8 Å². The van der Waals surface area contributed by atoms with E-state index in [9.17, 15) is 4.79 Å². The Morgan fingerprint density at radius 1 is 1.44 bits per heavy atom. The fourth-order valence-electron chi connectivity index (χ4n) is 2.94. The molecule has 1 aliphatic rings. The van der Waals surface area contributed by atoms with Crippen LogP contribution in [0.2, 0.25) is 0 Å². The number of aromatic nitrogens is 4. The smallest absolute Gasteiger partial charge is 0.232 e. The quantitative estimate of drug-likeness (QED) is 0.817. The molecule has 2 aromatic rings. The van der Waals surface area contributed by atoms with Gasteiger partial charge in [0.25, 0.3) is 0 Å². The van der Waals surface area contributed by atoms with E-state index in [1.807, 2.05) is 0 Å². The molecule has 0 bridgehead atoms. The van der Waals surface area contributed by atoms with Crippen molar-refractivity contribution in [3.8, 4) is 11.4 Å². The molecular weight excluding hydrogens is 324 g/mol. The summed E-state index contributed by atoms with van der Waals surface area (Å²) in [7, 11) is 1.57. The minimum Gasteiger partial charge on any atom is -0.494 e. The maximum Gasteiger partial charge on any atom is 0.232 e. The Morgan fingerprint density at radius 2 is 2.20 bits per heavy atom. The Balaban J connectivity index is 1.88. The summed E-state index contributed by atoms with van der Waals surface area (Å²) in [5.74, 6) is 1.13. The van der Waals surface area contributed by atoms with Gasteiger partial charge >= 0.3 is 0 Å². The summed E-state index contributed by atoms with van der Waals surface area (Å²) in [5, 5.41) is 14.5. The Labute approximate surface area is 145 Å². The van der Waals surface area contributed by atoms with Crippen molar-refractivity contribution in [2.75, 3.05) is 32.2 Å². The fourth-order valence-corrected chi connectivity index (χ4v) is 2.94. The van der Waals surface area contributed by atoms with Crippen molar-refractivity contribution in [2.24, 2.45) is 11.1 Å². The van der Waals surface area contributed by atoms with Crippen LogP contribution in [0.4, 0.5) is 5.69 Å². The van der Waals surface area contributed by atoms with E-state index < -0.39 is 5.41 Å².